The van der Waals surface area contributed by atoms with E-state index in [1.54, 1.807) is 0 Å². The van der Waals surface area contributed by atoms with E-state index < -0.39 is 6.10 Å². The molecule has 0 spiro atoms. The van der Waals surface area contributed by atoms with Crippen molar-refractivity contribution in [3.05, 3.63) is 29.8 Å². The van der Waals surface area contributed by atoms with E-state index in [9.17, 15) is 4.79 Å². The van der Waals surface area contributed by atoms with Gasteiger partial charge in [-0.2, -0.15) is 0 Å². The van der Waals surface area contributed by atoms with Gasteiger partial charge in [-0.1, -0.05) is 26.0 Å². The Morgan fingerprint density at radius 2 is 2.05 bits per heavy atom. The molecular formula is C18H27NO3. The second-order valence-corrected chi connectivity index (χ2v) is 6.86. The Morgan fingerprint density at radius 3 is 2.68 bits per heavy atom. The van der Waals surface area contributed by atoms with Crippen LogP contribution in [0.15, 0.2) is 24.3 Å². The summed E-state index contributed by atoms with van der Waals surface area (Å²) in [5.74, 6) is 1.21. The van der Waals surface area contributed by atoms with Crippen LogP contribution < -0.4 is 4.74 Å². The minimum atomic E-state index is -0.490. The van der Waals surface area contributed by atoms with E-state index in [0.717, 1.165) is 5.75 Å². The number of morpholine rings is 1. The molecule has 0 radical (unpaired) electrons. The van der Waals surface area contributed by atoms with Gasteiger partial charge in [-0.15, -0.1) is 0 Å². The average molecular weight is 305 g/mol. The normalized spacial score (nSPS) is 19.1. The van der Waals surface area contributed by atoms with Gasteiger partial charge in [-0.25, -0.2) is 0 Å². The Hall–Kier alpha value is -1.55. The van der Waals surface area contributed by atoms with E-state index >= 15 is 0 Å². The van der Waals surface area contributed by atoms with E-state index in [-0.39, 0.29) is 11.5 Å². The molecule has 2 rings (SSSR count). The lowest BCUT2D eigenvalue weighted by Crippen LogP contribution is -2.53. The van der Waals surface area contributed by atoms with Crippen LogP contribution in [0.5, 0.6) is 5.75 Å². The second kappa shape index (κ2) is 6.69. The number of hydrogen-bond donors (Lipinski definition) is 0. The molecule has 0 bridgehead atoms. The fraction of sp³-hybridized carbons (Fsp3) is 0.611. The summed E-state index contributed by atoms with van der Waals surface area (Å²) in [5, 5.41) is 0. The van der Waals surface area contributed by atoms with Crippen LogP contribution in [0.25, 0.3) is 0 Å². The number of ether oxygens (including phenoxy) is 2. The van der Waals surface area contributed by atoms with Crippen molar-refractivity contribution in [3.63, 3.8) is 0 Å². The summed E-state index contributed by atoms with van der Waals surface area (Å²) >= 11 is 0. The maximum absolute atomic E-state index is 12.6. The summed E-state index contributed by atoms with van der Waals surface area (Å²) in [6.45, 7) is 11.9. The zero-order chi connectivity index (χ0) is 16.3. The maximum Gasteiger partial charge on any atom is 0.263 e. The third-order valence-corrected chi connectivity index (χ3v) is 3.92. The molecule has 1 aromatic rings. The van der Waals surface area contributed by atoms with Crippen molar-refractivity contribution in [2.45, 2.75) is 52.2 Å². The predicted octanol–water partition coefficient (Wildman–Crippen LogP) is 3.21. The topological polar surface area (TPSA) is 38.8 Å². The Bertz CT molecular complexity index is 525. The first kappa shape index (κ1) is 16.8. The van der Waals surface area contributed by atoms with Gasteiger partial charge in [0, 0.05) is 13.1 Å². The number of carbonyl (C=O) groups is 1. The summed E-state index contributed by atoms with van der Waals surface area (Å²) in [4.78, 5) is 14.4. The molecular weight excluding hydrogens is 278 g/mol. The van der Waals surface area contributed by atoms with E-state index in [2.05, 4.69) is 19.9 Å². The van der Waals surface area contributed by atoms with Gasteiger partial charge < -0.3 is 14.4 Å². The number of carbonyl (C=O) groups excluding carboxylic acids is 1. The van der Waals surface area contributed by atoms with E-state index in [1.165, 1.54) is 5.56 Å². The predicted molar refractivity (Wildman–Crippen MR) is 87.2 cm³/mol. The molecule has 1 unspecified atom stereocenters. The van der Waals surface area contributed by atoms with E-state index in [0.29, 0.717) is 25.6 Å². The van der Waals surface area contributed by atoms with Gasteiger partial charge >= 0.3 is 0 Å². The van der Waals surface area contributed by atoms with Crippen molar-refractivity contribution >= 4 is 5.91 Å². The van der Waals surface area contributed by atoms with Gasteiger partial charge in [-0.05, 0) is 44.4 Å². The fourth-order valence-electron chi connectivity index (χ4n) is 2.66. The van der Waals surface area contributed by atoms with Crippen LogP contribution in [0.3, 0.4) is 0 Å². The van der Waals surface area contributed by atoms with Crippen molar-refractivity contribution in [2.75, 3.05) is 19.7 Å². The highest BCUT2D eigenvalue weighted by atomic mass is 16.5. The minimum Gasteiger partial charge on any atom is -0.481 e. The number of nitrogens with zero attached hydrogens (tertiary/aromatic N) is 1. The molecule has 1 amide bonds. The molecule has 0 aliphatic carbocycles. The molecule has 1 heterocycles. The van der Waals surface area contributed by atoms with Crippen molar-refractivity contribution in [1.29, 1.82) is 0 Å². The van der Waals surface area contributed by atoms with Gasteiger partial charge in [-0.3, -0.25) is 4.79 Å². The van der Waals surface area contributed by atoms with Crippen molar-refractivity contribution in [2.24, 2.45) is 0 Å². The standard InChI is InChI=1S/C18H27NO3/c1-13(2)15-7-6-8-16(11-15)22-14(3)17(20)19-9-10-21-18(4,5)12-19/h6-8,11,13-14H,9-10,12H2,1-5H3. The Morgan fingerprint density at radius 1 is 1.32 bits per heavy atom. The van der Waals surface area contributed by atoms with Crippen molar-refractivity contribution in [1.82, 2.24) is 4.90 Å². The van der Waals surface area contributed by atoms with Crippen LogP contribution in [0.4, 0.5) is 0 Å². The molecule has 0 N–H and O–H groups in total. The lowest BCUT2D eigenvalue weighted by molar-refractivity contribution is -0.152. The average Bonchev–Trinajstić information content (AvgIpc) is 2.45. The van der Waals surface area contributed by atoms with Gasteiger partial charge in [0.25, 0.3) is 5.91 Å². The molecule has 0 aromatic heterocycles. The Kier molecular flexibility index (Phi) is 5.12. The number of amides is 1. The third-order valence-electron chi connectivity index (χ3n) is 3.92. The molecule has 1 saturated heterocycles. The minimum absolute atomic E-state index is 0.0197. The highest BCUT2D eigenvalue weighted by molar-refractivity contribution is 5.81. The molecule has 1 aliphatic heterocycles. The van der Waals surface area contributed by atoms with Crippen molar-refractivity contribution < 1.29 is 14.3 Å². The smallest absolute Gasteiger partial charge is 0.263 e. The summed E-state index contributed by atoms with van der Waals surface area (Å²) < 4.78 is 11.5. The third kappa shape index (κ3) is 4.23. The molecule has 1 fully saturated rings. The van der Waals surface area contributed by atoms with Gasteiger partial charge in [0.15, 0.2) is 6.10 Å². The maximum atomic E-state index is 12.6. The van der Waals surface area contributed by atoms with Crippen LogP contribution in [0, 0.1) is 0 Å². The van der Waals surface area contributed by atoms with Crippen molar-refractivity contribution in [3.8, 4) is 5.75 Å². The van der Waals surface area contributed by atoms with E-state index in [4.69, 9.17) is 9.47 Å². The van der Waals surface area contributed by atoms with Crippen LogP contribution in [0.2, 0.25) is 0 Å². The molecule has 4 heteroatoms. The lowest BCUT2D eigenvalue weighted by atomic mass is 10.0. The van der Waals surface area contributed by atoms with Crippen LogP contribution >= 0.6 is 0 Å². The first-order valence-corrected chi connectivity index (χ1v) is 7.98. The first-order chi connectivity index (χ1) is 10.3. The monoisotopic (exact) mass is 305 g/mol. The largest absolute Gasteiger partial charge is 0.481 e. The summed E-state index contributed by atoms with van der Waals surface area (Å²) in [7, 11) is 0. The fourth-order valence-corrected chi connectivity index (χ4v) is 2.66. The highest BCUT2D eigenvalue weighted by Gasteiger charge is 2.32. The summed E-state index contributed by atoms with van der Waals surface area (Å²) in [5.41, 5.74) is 0.926. The molecule has 1 aromatic carbocycles. The molecule has 0 saturated carbocycles. The van der Waals surface area contributed by atoms with E-state index in [1.807, 2.05) is 43.9 Å². The second-order valence-electron chi connectivity index (χ2n) is 6.86. The first-order valence-electron chi connectivity index (χ1n) is 7.98. The molecule has 1 aliphatic rings. The van der Waals surface area contributed by atoms with Crippen LogP contribution in [0.1, 0.15) is 46.1 Å². The Balaban J connectivity index is 2.01. The zero-order valence-electron chi connectivity index (χ0n) is 14.3. The molecule has 4 nitrogen and oxygen atoms in total. The van der Waals surface area contributed by atoms with Gasteiger partial charge in [0.05, 0.1) is 12.2 Å². The van der Waals surface area contributed by atoms with Gasteiger partial charge in [0.1, 0.15) is 5.75 Å². The number of rotatable bonds is 4. The zero-order valence-corrected chi connectivity index (χ0v) is 14.3. The van der Waals surface area contributed by atoms with Crippen LogP contribution in [-0.2, 0) is 9.53 Å². The molecule has 22 heavy (non-hydrogen) atoms. The van der Waals surface area contributed by atoms with Gasteiger partial charge in [0.2, 0.25) is 0 Å². The number of benzene rings is 1. The molecule has 122 valence electrons. The highest BCUT2D eigenvalue weighted by Crippen LogP contribution is 2.22. The van der Waals surface area contributed by atoms with Crippen LogP contribution in [-0.4, -0.2) is 42.2 Å². The summed E-state index contributed by atoms with van der Waals surface area (Å²) in [6.07, 6.45) is -0.490. The number of hydrogen-bond acceptors (Lipinski definition) is 3. The quantitative estimate of drug-likeness (QED) is 0.857. The lowest BCUT2D eigenvalue weighted by Gasteiger charge is -2.39. The SMILES string of the molecule is CC(Oc1cccc(C(C)C)c1)C(=O)N1CCOC(C)(C)C1. The summed E-state index contributed by atoms with van der Waals surface area (Å²) in [6, 6.07) is 7.96. The molecule has 1 atom stereocenters. The Labute approximate surface area is 133 Å².